The molecule has 1 spiro atoms. The van der Waals surface area contributed by atoms with Gasteiger partial charge in [0.15, 0.2) is 15.6 Å². The molecule has 1 aromatic rings. The van der Waals surface area contributed by atoms with E-state index < -0.39 is 32.8 Å². The number of hydrogen-bond acceptors (Lipinski definition) is 5. The van der Waals surface area contributed by atoms with E-state index in [9.17, 15) is 17.9 Å². The predicted octanol–water partition coefficient (Wildman–Crippen LogP) is 1.26. The summed E-state index contributed by atoms with van der Waals surface area (Å²) in [6.07, 6.45) is -0.339. The molecule has 2 aliphatic rings. The molecule has 7 heteroatoms. The molecule has 0 bridgehead atoms. The Kier molecular flexibility index (Phi) is 3.77. The van der Waals surface area contributed by atoms with Crippen LogP contribution in [0.1, 0.15) is 19.3 Å². The lowest BCUT2D eigenvalue weighted by atomic mass is 9.91. The second-order valence-electron chi connectivity index (χ2n) is 5.43. The Hall–Kier alpha value is -1.02. The largest absolute Gasteiger partial charge is 0.392 e. The summed E-state index contributed by atoms with van der Waals surface area (Å²) < 4.78 is 50.2. The molecule has 1 aromatic carbocycles. The Bertz CT molecular complexity index is 624. The first-order chi connectivity index (χ1) is 9.95. The third kappa shape index (κ3) is 2.59. The van der Waals surface area contributed by atoms with Gasteiger partial charge in [-0.2, -0.15) is 0 Å². The van der Waals surface area contributed by atoms with E-state index in [0.29, 0.717) is 19.6 Å². The predicted molar refractivity (Wildman–Crippen MR) is 71.9 cm³/mol. The zero-order chi connectivity index (χ0) is 15.1. The summed E-state index contributed by atoms with van der Waals surface area (Å²) in [4.78, 5) is -0.385. The van der Waals surface area contributed by atoms with Crippen LogP contribution in [-0.2, 0) is 19.3 Å². The summed E-state index contributed by atoms with van der Waals surface area (Å²) in [6, 6.07) is 5.20. The Labute approximate surface area is 122 Å². The fraction of sp³-hybridized carbons (Fsp3) is 0.571. The van der Waals surface area contributed by atoms with Gasteiger partial charge in [-0.3, -0.25) is 0 Å². The average Bonchev–Trinajstić information content (AvgIpc) is 2.90. The standard InChI is InChI=1S/C14H17FO5S/c15-10-3-1-2-4-12(10)21(17,18)13-9-14(6-5-11(13)16)19-7-8-20-14/h1-4,11,13,16H,5-9H2. The van der Waals surface area contributed by atoms with Crippen molar-refractivity contribution in [2.45, 2.75) is 41.3 Å². The van der Waals surface area contributed by atoms with Gasteiger partial charge in [0.25, 0.3) is 0 Å². The number of hydrogen-bond donors (Lipinski definition) is 1. The molecule has 0 aromatic heterocycles. The van der Waals surface area contributed by atoms with Crippen LogP contribution in [0.3, 0.4) is 0 Å². The molecule has 1 aliphatic carbocycles. The van der Waals surface area contributed by atoms with Crippen molar-refractivity contribution in [1.29, 1.82) is 0 Å². The van der Waals surface area contributed by atoms with Crippen molar-refractivity contribution in [3.63, 3.8) is 0 Å². The summed E-state index contributed by atoms with van der Waals surface area (Å²) in [7, 11) is -3.99. The van der Waals surface area contributed by atoms with Gasteiger partial charge in [0.1, 0.15) is 10.7 Å². The van der Waals surface area contributed by atoms with Gasteiger partial charge in [-0.1, -0.05) is 12.1 Å². The molecule has 5 nitrogen and oxygen atoms in total. The van der Waals surface area contributed by atoms with Gasteiger partial charge in [-0.25, -0.2) is 12.8 Å². The van der Waals surface area contributed by atoms with Gasteiger partial charge < -0.3 is 14.6 Å². The van der Waals surface area contributed by atoms with E-state index in [1.807, 2.05) is 0 Å². The summed E-state index contributed by atoms with van der Waals surface area (Å²) >= 11 is 0. The summed E-state index contributed by atoms with van der Waals surface area (Å²) in [5.41, 5.74) is 0. The number of sulfone groups is 1. The highest BCUT2D eigenvalue weighted by Gasteiger charge is 2.49. The van der Waals surface area contributed by atoms with Gasteiger partial charge in [-0.15, -0.1) is 0 Å². The second kappa shape index (κ2) is 5.31. The van der Waals surface area contributed by atoms with Crippen molar-refractivity contribution in [3.8, 4) is 0 Å². The number of halogens is 1. The molecule has 2 fully saturated rings. The third-order valence-corrected chi connectivity index (χ3v) is 6.34. The Morgan fingerprint density at radius 1 is 1.24 bits per heavy atom. The van der Waals surface area contributed by atoms with Crippen LogP contribution in [-0.4, -0.2) is 43.9 Å². The molecule has 21 heavy (non-hydrogen) atoms. The molecule has 116 valence electrons. The first kappa shape index (κ1) is 14.9. The van der Waals surface area contributed by atoms with Gasteiger partial charge >= 0.3 is 0 Å². The molecule has 2 unspecified atom stereocenters. The van der Waals surface area contributed by atoms with Crippen LogP contribution in [0.2, 0.25) is 0 Å². The molecular weight excluding hydrogens is 299 g/mol. The lowest BCUT2D eigenvalue weighted by Crippen LogP contribution is -2.48. The van der Waals surface area contributed by atoms with Crippen molar-refractivity contribution in [2.75, 3.05) is 13.2 Å². The molecule has 1 saturated carbocycles. The Balaban J connectivity index is 1.95. The topological polar surface area (TPSA) is 72.8 Å². The van der Waals surface area contributed by atoms with Gasteiger partial charge in [0, 0.05) is 12.8 Å². The van der Waals surface area contributed by atoms with Gasteiger partial charge in [0.05, 0.1) is 24.6 Å². The number of aliphatic hydroxyl groups is 1. The number of rotatable bonds is 2. The van der Waals surface area contributed by atoms with Crippen LogP contribution in [0, 0.1) is 5.82 Å². The lowest BCUT2D eigenvalue weighted by Gasteiger charge is -2.38. The van der Waals surface area contributed by atoms with E-state index >= 15 is 0 Å². The molecule has 1 N–H and O–H groups in total. The zero-order valence-electron chi connectivity index (χ0n) is 11.4. The fourth-order valence-corrected chi connectivity index (χ4v) is 4.97. The van der Waals surface area contributed by atoms with Crippen LogP contribution in [0.5, 0.6) is 0 Å². The molecule has 3 rings (SSSR count). The van der Waals surface area contributed by atoms with Crippen LogP contribution in [0.25, 0.3) is 0 Å². The van der Waals surface area contributed by atoms with Crippen molar-refractivity contribution in [1.82, 2.24) is 0 Å². The summed E-state index contributed by atoms with van der Waals surface area (Å²) in [5, 5.41) is 8.96. The lowest BCUT2D eigenvalue weighted by molar-refractivity contribution is -0.186. The number of aliphatic hydroxyl groups excluding tert-OH is 1. The van der Waals surface area contributed by atoms with E-state index in [1.165, 1.54) is 18.2 Å². The average molecular weight is 316 g/mol. The SMILES string of the molecule is O=S(=O)(c1ccccc1F)C1CC2(CCC1O)OCCO2. The van der Waals surface area contributed by atoms with Crippen molar-refractivity contribution < 1.29 is 27.4 Å². The van der Waals surface area contributed by atoms with Crippen molar-refractivity contribution in [3.05, 3.63) is 30.1 Å². The first-order valence-corrected chi connectivity index (χ1v) is 8.44. The van der Waals surface area contributed by atoms with Crippen LogP contribution >= 0.6 is 0 Å². The minimum absolute atomic E-state index is 0.0187. The smallest absolute Gasteiger partial charge is 0.186 e. The summed E-state index contributed by atoms with van der Waals surface area (Å²) in [6.45, 7) is 0.811. The molecule has 0 radical (unpaired) electrons. The quantitative estimate of drug-likeness (QED) is 0.889. The van der Waals surface area contributed by atoms with E-state index in [2.05, 4.69) is 0 Å². The van der Waals surface area contributed by atoms with Crippen LogP contribution < -0.4 is 0 Å². The second-order valence-corrected chi connectivity index (χ2v) is 7.57. The van der Waals surface area contributed by atoms with E-state index in [0.717, 1.165) is 6.07 Å². The highest BCUT2D eigenvalue weighted by Crippen LogP contribution is 2.40. The highest BCUT2D eigenvalue weighted by atomic mass is 32.2. The molecule has 1 aliphatic heterocycles. The molecule has 1 saturated heterocycles. The van der Waals surface area contributed by atoms with Gasteiger partial charge in [0.2, 0.25) is 0 Å². The first-order valence-electron chi connectivity index (χ1n) is 6.89. The molecule has 1 heterocycles. The zero-order valence-corrected chi connectivity index (χ0v) is 12.2. The van der Waals surface area contributed by atoms with Gasteiger partial charge in [-0.05, 0) is 18.6 Å². The minimum Gasteiger partial charge on any atom is -0.392 e. The normalized spacial score (nSPS) is 28.9. The monoisotopic (exact) mass is 316 g/mol. The van der Waals surface area contributed by atoms with E-state index in [-0.39, 0.29) is 17.7 Å². The van der Waals surface area contributed by atoms with Crippen LogP contribution in [0.15, 0.2) is 29.2 Å². The molecular formula is C14H17FO5S. The number of benzene rings is 1. The summed E-state index contributed by atoms with van der Waals surface area (Å²) in [5.74, 6) is -1.76. The molecule has 0 amide bonds. The van der Waals surface area contributed by atoms with Crippen molar-refractivity contribution >= 4 is 9.84 Å². The molecule has 2 atom stereocenters. The minimum atomic E-state index is -3.99. The highest BCUT2D eigenvalue weighted by molar-refractivity contribution is 7.92. The van der Waals surface area contributed by atoms with Crippen LogP contribution in [0.4, 0.5) is 4.39 Å². The van der Waals surface area contributed by atoms with E-state index in [1.54, 1.807) is 0 Å². The van der Waals surface area contributed by atoms with Crippen molar-refractivity contribution in [2.24, 2.45) is 0 Å². The fourth-order valence-electron chi connectivity index (χ4n) is 3.01. The van der Waals surface area contributed by atoms with E-state index in [4.69, 9.17) is 9.47 Å². The maximum Gasteiger partial charge on any atom is 0.186 e. The maximum atomic E-state index is 13.8. The Morgan fingerprint density at radius 2 is 1.90 bits per heavy atom. The maximum absolute atomic E-state index is 13.8. The third-order valence-electron chi connectivity index (χ3n) is 4.12. The Morgan fingerprint density at radius 3 is 2.57 bits per heavy atom. The number of ether oxygens (including phenoxy) is 2.